The molecule has 2 aliphatic heterocycles. The summed E-state index contributed by atoms with van der Waals surface area (Å²) in [5.74, 6) is -0.312. The van der Waals surface area contributed by atoms with Gasteiger partial charge in [0.2, 0.25) is 5.91 Å². The first-order valence-corrected chi connectivity index (χ1v) is 12.0. The molecule has 0 saturated carbocycles. The number of carbonyl (C=O) groups is 2. The lowest BCUT2D eigenvalue weighted by Gasteiger charge is -2.32. The second kappa shape index (κ2) is 8.26. The predicted molar refractivity (Wildman–Crippen MR) is 134 cm³/mol. The summed E-state index contributed by atoms with van der Waals surface area (Å²) < 4.78 is 3.35. The fourth-order valence-corrected chi connectivity index (χ4v) is 5.24. The first-order chi connectivity index (χ1) is 17.0. The van der Waals surface area contributed by atoms with Gasteiger partial charge in [0.1, 0.15) is 23.0 Å². The van der Waals surface area contributed by atoms with Gasteiger partial charge in [-0.15, -0.1) is 0 Å². The number of aryl methyl sites for hydroxylation is 1. The van der Waals surface area contributed by atoms with Gasteiger partial charge in [0.05, 0.1) is 16.8 Å². The lowest BCUT2D eigenvalue weighted by atomic mass is 10.1. The summed E-state index contributed by atoms with van der Waals surface area (Å²) in [6.45, 7) is 3.22. The first-order valence-electron chi connectivity index (χ1n) is 12.0. The fourth-order valence-electron chi connectivity index (χ4n) is 5.24. The molecule has 2 aliphatic rings. The number of carbonyl (C=O) groups excluding carboxylic acids is 2. The van der Waals surface area contributed by atoms with E-state index in [2.05, 4.69) is 22.5 Å². The van der Waals surface area contributed by atoms with Crippen LogP contribution in [0.5, 0.6) is 0 Å². The number of rotatable bonds is 5. The maximum absolute atomic E-state index is 13.5. The Labute approximate surface area is 201 Å². The molecule has 0 radical (unpaired) electrons. The number of fused-ring (bicyclic) bond motifs is 5. The first kappa shape index (κ1) is 21.4. The molecule has 4 aromatic rings. The maximum Gasteiger partial charge on any atom is 0.268 e. The van der Waals surface area contributed by atoms with E-state index in [-0.39, 0.29) is 29.5 Å². The zero-order chi connectivity index (χ0) is 24.1. The molecule has 0 aliphatic carbocycles. The van der Waals surface area contributed by atoms with Crippen LogP contribution in [0.2, 0.25) is 0 Å². The van der Waals surface area contributed by atoms with Crippen LogP contribution >= 0.6 is 0 Å². The summed E-state index contributed by atoms with van der Waals surface area (Å²) in [5.41, 5.74) is 3.06. The zero-order valence-corrected chi connectivity index (χ0v) is 19.4. The minimum absolute atomic E-state index is 0.0542. The number of benzene rings is 1. The highest BCUT2D eigenvalue weighted by Crippen LogP contribution is 2.36. The van der Waals surface area contributed by atoms with Crippen molar-refractivity contribution in [3.8, 4) is 0 Å². The Bertz CT molecular complexity index is 1540. The van der Waals surface area contributed by atoms with Crippen molar-refractivity contribution >= 4 is 39.9 Å². The largest absolute Gasteiger partial charge is 0.356 e. The van der Waals surface area contributed by atoms with Crippen molar-refractivity contribution in [2.45, 2.75) is 44.8 Å². The van der Waals surface area contributed by atoms with Crippen molar-refractivity contribution in [2.75, 3.05) is 16.8 Å². The zero-order valence-electron chi connectivity index (χ0n) is 19.4. The minimum atomic E-state index is -0.322. The van der Waals surface area contributed by atoms with E-state index in [0.717, 1.165) is 24.2 Å². The van der Waals surface area contributed by atoms with Gasteiger partial charge >= 0.3 is 0 Å². The number of para-hydroxylation sites is 2. The number of anilines is 2. The molecule has 3 aromatic heterocycles. The quantitative estimate of drug-likeness (QED) is 0.467. The number of nitrogens with one attached hydrogen (secondary N) is 2. The molecule has 2 amide bonds. The second-order valence-corrected chi connectivity index (χ2v) is 9.20. The standard InChI is InChI=1S/C26H26N6O3/c1-2-3-11-30-21(14-17-23(30)29-22-10-6-7-12-31(22)26(17)35)24(33)27-16-13-20-25(34)28-18-8-4-5-9-19(18)32(20)15-16/h4-10,12,14,16,20H,2-3,11,13,15H2,1H3,(H,27,33)(H,28,34). The van der Waals surface area contributed by atoms with Gasteiger partial charge in [0.15, 0.2) is 0 Å². The molecule has 2 atom stereocenters. The van der Waals surface area contributed by atoms with Gasteiger partial charge < -0.3 is 20.1 Å². The molecule has 1 aromatic carbocycles. The molecule has 2 N–H and O–H groups in total. The van der Waals surface area contributed by atoms with Gasteiger partial charge in [-0.1, -0.05) is 31.5 Å². The van der Waals surface area contributed by atoms with E-state index in [4.69, 9.17) is 4.98 Å². The highest BCUT2D eigenvalue weighted by molar-refractivity contribution is 6.04. The topological polar surface area (TPSA) is 101 Å². The van der Waals surface area contributed by atoms with Crippen LogP contribution < -0.4 is 21.1 Å². The molecule has 9 heteroatoms. The number of hydrogen-bond donors (Lipinski definition) is 2. The molecule has 0 bridgehead atoms. The van der Waals surface area contributed by atoms with Gasteiger partial charge in [-0.2, -0.15) is 0 Å². The van der Waals surface area contributed by atoms with E-state index in [9.17, 15) is 14.4 Å². The van der Waals surface area contributed by atoms with Crippen LogP contribution in [0.3, 0.4) is 0 Å². The molecule has 5 heterocycles. The van der Waals surface area contributed by atoms with Crippen molar-refractivity contribution in [3.63, 3.8) is 0 Å². The molecule has 35 heavy (non-hydrogen) atoms. The van der Waals surface area contributed by atoms with Crippen molar-refractivity contribution in [3.05, 3.63) is 70.8 Å². The van der Waals surface area contributed by atoms with Gasteiger partial charge in [-0.05, 0) is 43.2 Å². The fraction of sp³-hybridized carbons (Fsp3) is 0.308. The molecule has 9 nitrogen and oxygen atoms in total. The predicted octanol–water partition coefficient (Wildman–Crippen LogP) is 2.78. The third kappa shape index (κ3) is 3.46. The summed E-state index contributed by atoms with van der Waals surface area (Å²) in [5, 5.41) is 6.51. The Kier molecular flexibility index (Phi) is 5.05. The smallest absolute Gasteiger partial charge is 0.268 e. The van der Waals surface area contributed by atoms with Gasteiger partial charge in [0, 0.05) is 25.3 Å². The molecule has 2 unspecified atom stereocenters. The SMILES string of the molecule is CCCCn1c(C(=O)NC2CC3C(=O)Nc4ccccc4N3C2)cc2c(=O)n3ccccc3nc21. The Hall–Kier alpha value is -4.14. The average Bonchev–Trinajstić information content (AvgIpc) is 3.45. The number of aromatic nitrogens is 3. The number of pyridine rings is 1. The Morgan fingerprint density at radius 1 is 1.17 bits per heavy atom. The van der Waals surface area contributed by atoms with Crippen molar-refractivity contribution < 1.29 is 9.59 Å². The van der Waals surface area contributed by atoms with E-state index in [1.807, 2.05) is 34.9 Å². The highest BCUT2D eigenvalue weighted by atomic mass is 16.2. The number of unbranched alkanes of at least 4 members (excludes halogenated alkanes) is 1. The maximum atomic E-state index is 13.5. The van der Waals surface area contributed by atoms with Crippen LogP contribution in [-0.4, -0.2) is 44.4 Å². The van der Waals surface area contributed by atoms with E-state index in [0.29, 0.717) is 41.9 Å². The van der Waals surface area contributed by atoms with E-state index in [1.165, 1.54) is 4.40 Å². The van der Waals surface area contributed by atoms with E-state index < -0.39 is 0 Å². The van der Waals surface area contributed by atoms with E-state index in [1.54, 1.807) is 24.4 Å². The van der Waals surface area contributed by atoms with E-state index >= 15 is 0 Å². The Morgan fingerprint density at radius 2 is 2.00 bits per heavy atom. The molecule has 0 spiro atoms. The normalized spacial score (nSPS) is 19.0. The highest BCUT2D eigenvalue weighted by Gasteiger charge is 2.41. The lowest BCUT2D eigenvalue weighted by molar-refractivity contribution is -0.117. The number of amides is 2. The van der Waals surface area contributed by atoms with Crippen LogP contribution in [0, 0.1) is 0 Å². The molecule has 1 fully saturated rings. The van der Waals surface area contributed by atoms with Crippen LogP contribution in [0.15, 0.2) is 59.5 Å². The molecule has 6 rings (SSSR count). The van der Waals surface area contributed by atoms with Crippen LogP contribution in [0.4, 0.5) is 11.4 Å². The van der Waals surface area contributed by atoms with Crippen molar-refractivity contribution in [2.24, 2.45) is 0 Å². The van der Waals surface area contributed by atoms with Crippen LogP contribution in [-0.2, 0) is 11.3 Å². The molecule has 1 saturated heterocycles. The van der Waals surface area contributed by atoms with Gasteiger partial charge in [-0.25, -0.2) is 4.98 Å². The summed E-state index contributed by atoms with van der Waals surface area (Å²) in [4.78, 5) is 46.1. The monoisotopic (exact) mass is 470 g/mol. The second-order valence-electron chi connectivity index (χ2n) is 9.20. The lowest BCUT2D eigenvalue weighted by Crippen LogP contribution is -2.44. The average molecular weight is 471 g/mol. The third-order valence-electron chi connectivity index (χ3n) is 6.95. The minimum Gasteiger partial charge on any atom is -0.356 e. The molecular weight excluding hydrogens is 444 g/mol. The Balaban J connectivity index is 1.34. The number of nitrogens with zero attached hydrogens (tertiary/aromatic N) is 4. The summed E-state index contributed by atoms with van der Waals surface area (Å²) in [6, 6.07) is 14.2. The summed E-state index contributed by atoms with van der Waals surface area (Å²) in [7, 11) is 0. The van der Waals surface area contributed by atoms with Crippen LogP contribution in [0.25, 0.3) is 16.7 Å². The molecular formula is C26H26N6O3. The van der Waals surface area contributed by atoms with Crippen LogP contribution in [0.1, 0.15) is 36.7 Å². The van der Waals surface area contributed by atoms with Crippen molar-refractivity contribution in [1.82, 2.24) is 19.3 Å². The van der Waals surface area contributed by atoms with Crippen molar-refractivity contribution in [1.29, 1.82) is 0 Å². The summed E-state index contributed by atoms with van der Waals surface area (Å²) >= 11 is 0. The third-order valence-corrected chi connectivity index (χ3v) is 6.95. The molecule has 178 valence electrons. The Morgan fingerprint density at radius 3 is 2.86 bits per heavy atom. The van der Waals surface area contributed by atoms with Gasteiger partial charge in [0.25, 0.3) is 11.5 Å². The summed E-state index contributed by atoms with van der Waals surface area (Å²) in [6.07, 6.45) is 4.01. The number of hydrogen-bond acceptors (Lipinski definition) is 5. The van der Waals surface area contributed by atoms with Gasteiger partial charge in [-0.3, -0.25) is 18.8 Å².